The lowest BCUT2D eigenvalue weighted by Crippen LogP contribution is -2.52. The van der Waals surface area contributed by atoms with Crippen LogP contribution in [-0.4, -0.2) is 33.2 Å². The molecule has 9 heteroatoms. The lowest BCUT2D eigenvalue weighted by Gasteiger charge is -2.41. The van der Waals surface area contributed by atoms with Crippen LogP contribution in [-0.2, 0) is 32.7 Å². The van der Waals surface area contributed by atoms with Gasteiger partial charge in [-0.15, -0.1) is 0 Å². The molecule has 1 saturated heterocycles. The summed E-state index contributed by atoms with van der Waals surface area (Å²) in [6, 6.07) is 8.57. The van der Waals surface area contributed by atoms with Crippen molar-refractivity contribution in [1.82, 2.24) is 10.3 Å². The van der Waals surface area contributed by atoms with Crippen molar-refractivity contribution < 1.29 is 26.3 Å². The monoisotopic (exact) mass is 450 g/mol. The van der Waals surface area contributed by atoms with Gasteiger partial charge in [0.25, 0.3) is 0 Å². The fourth-order valence-corrected chi connectivity index (χ4v) is 6.02. The standard InChI is InChI=1S/C22H21F3N2O3S/c23-22(24,25)14-3-1-4-15(11-14)31(28,29)16-5-6-17-18-7-9-26-21(8-2-10-30-13-21)20(18)27-19(17)12-16/h1,3-6,11-12,26-27H,2,7-10,13H2. The van der Waals surface area contributed by atoms with Crippen LogP contribution in [0.1, 0.15) is 29.7 Å². The van der Waals surface area contributed by atoms with E-state index < -0.39 is 21.6 Å². The van der Waals surface area contributed by atoms with E-state index in [0.717, 1.165) is 61.2 Å². The van der Waals surface area contributed by atoms with E-state index in [9.17, 15) is 21.6 Å². The summed E-state index contributed by atoms with van der Waals surface area (Å²) in [5.74, 6) is 0. The Bertz CT molecular complexity index is 1260. The van der Waals surface area contributed by atoms with Crippen LogP contribution in [0.25, 0.3) is 10.9 Å². The van der Waals surface area contributed by atoms with Crippen molar-refractivity contribution in [2.75, 3.05) is 19.8 Å². The number of alkyl halides is 3. The van der Waals surface area contributed by atoms with Gasteiger partial charge in [-0.25, -0.2) is 8.42 Å². The number of benzene rings is 2. The first-order chi connectivity index (χ1) is 14.7. The Morgan fingerprint density at radius 2 is 1.87 bits per heavy atom. The average Bonchev–Trinajstić information content (AvgIpc) is 3.14. The largest absolute Gasteiger partial charge is 0.416 e. The molecule has 0 amide bonds. The Hall–Kier alpha value is -2.36. The Kier molecular flexibility index (Phi) is 4.69. The van der Waals surface area contributed by atoms with Crippen LogP contribution in [0.2, 0.25) is 0 Å². The van der Waals surface area contributed by atoms with E-state index in [2.05, 4.69) is 10.3 Å². The molecule has 0 saturated carbocycles. The molecule has 0 aliphatic carbocycles. The molecule has 5 rings (SSSR count). The van der Waals surface area contributed by atoms with Crippen molar-refractivity contribution in [3.05, 3.63) is 59.3 Å². The van der Waals surface area contributed by atoms with E-state index in [0.29, 0.717) is 18.2 Å². The lowest BCUT2D eigenvalue weighted by molar-refractivity contribution is -0.137. The SMILES string of the molecule is O=S(=O)(c1cccc(C(F)(F)F)c1)c1ccc2c3c([nH]c2c1)C1(CCCOC1)NCC3. The average molecular weight is 450 g/mol. The van der Waals surface area contributed by atoms with Crippen LogP contribution >= 0.6 is 0 Å². The van der Waals surface area contributed by atoms with Gasteiger partial charge in [0.1, 0.15) is 0 Å². The molecule has 31 heavy (non-hydrogen) atoms. The summed E-state index contributed by atoms with van der Waals surface area (Å²) in [4.78, 5) is 2.97. The lowest BCUT2D eigenvalue weighted by atomic mass is 9.83. The van der Waals surface area contributed by atoms with E-state index in [4.69, 9.17) is 4.74 Å². The number of rotatable bonds is 2. The minimum absolute atomic E-state index is 0.0418. The third-order valence-corrected chi connectivity index (χ3v) is 7.97. The minimum Gasteiger partial charge on any atom is -0.379 e. The Morgan fingerprint density at radius 1 is 1.06 bits per heavy atom. The Morgan fingerprint density at radius 3 is 2.61 bits per heavy atom. The Labute approximate surface area is 177 Å². The number of aromatic amines is 1. The Balaban J connectivity index is 1.60. The first-order valence-electron chi connectivity index (χ1n) is 10.1. The van der Waals surface area contributed by atoms with Crippen LogP contribution < -0.4 is 5.32 Å². The molecule has 1 aromatic heterocycles. The van der Waals surface area contributed by atoms with Gasteiger partial charge in [-0.05, 0) is 55.2 Å². The molecule has 3 heterocycles. The first-order valence-corrected chi connectivity index (χ1v) is 11.6. The van der Waals surface area contributed by atoms with Gasteiger partial charge in [0, 0.05) is 29.7 Å². The molecule has 2 aromatic carbocycles. The van der Waals surface area contributed by atoms with Gasteiger partial charge in [0.05, 0.1) is 27.5 Å². The molecule has 2 aliphatic rings. The zero-order valence-electron chi connectivity index (χ0n) is 16.6. The normalized spacial score (nSPS) is 22.0. The van der Waals surface area contributed by atoms with Gasteiger partial charge in [0.15, 0.2) is 0 Å². The third-order valence-electron chi connectivity index (χ3n) is 6.22. The van der Waals surface area contributed by atoms with E-state index in [1.807, 2.05) is 0 Å². The molecular weight excluding hydrogens is 429 g/mol. The van der Waals surface area contributed by atoms with E-state index in [-0.39, 0.29) is 15.3 Å². The van der Waals surface area contributed by atoms with Crippen molar-refractivity contribution in [3.8, 4) is 0 Å². The van der Waals surface area contributed by atoms with Crippen LogP contribution in [0.3, 0.4) is 0 Å². The maximum absolute atomic E-state index is 13.1. The molecule has 3 aromatic rings. The molecule has 0 radical (unpaired) electrons. The number of fused-ring (bicyclic) bond motifs is 4. The molecule has 2 N–H and O–H groups in total. The molecule has 5 nitrogen and oxygen atoms in total. The highest BCUT2D eigenvalue weighted by molar-refractivity contribution is 7.91. The van der Waals surface area contributed by atoms with Crippen molar-refractivity contribution in [2.24, 2.45) is 0 Å². The molecule has 1 spiro atoms. The van der Waals surface area contributed by atoms with Crippen molar-refractivity contribution in [3.63, 3.8) is 0 Å². The van der Waals surface area contributed by atoms with Gasteiger partial charge < -0.3 is 15.0 Å². The number of ether oxygens (including phenoxy) is 1. The van der Waals surface area contributed by atoms with Crippen LogP contribution in [0.15, 0.2) is 52.3 Å². The highest BCUT2D eigenvalue weighted by Gasteiger charge is 2.40. The molecular formula is C22H21F3N2O3S. The minimum atomic E-state index is -4.61. The molecule has 1 unspecified atom stereocenters. The van der Waals surface area contributed by atoms with Gasteiger partial charge in [-0.2, -0.15) is 13.2 Å². The first kappa shape index (κ1) is 20.5. The fourth-order valence-electron chi connectivity index (χ4n) is 4.69. The molecule has 2 aliphatic heterocycles. The second-order valence-corrected chi connectivity index (χ2v) is 10.1. The van der Waals surface area contributed by atoms with E-state index in [1.165, 1.54) is 18.2 Å². The smallest absolute Gasteiger partial charge is 0.379 e. The zero-order valence-corrected chi connectivity index (χ0v) is 17.4. The van der Waals surface area contributed by atoms with Crippen molar-refractivity contribution >= 4 is 20.7 Å². The molecule has 1 atom stereocenters. The molecule has 0 bridgehead atoms. The van der Waals surface area contributed by atoms with Crippen LogP contribution in [0.5, 0.6) is 0 Å². The second-order valence-electron chi connectivity index (χ2n) is 8.13. The summed E-state index contributed by atoms with van der Waals surface area (Å²) in [6.45, 7) is 2.06. The maximum Gasteiger partial charge on any atom is 0.416 e. The number of hydrogen-bond acceptors (Lipinski definition) is 4. The number of halogens is 3. The zero-order chi connectivity index (χ0) is 21.9. The van der Waals surface area contributed by atoms with Crippen molar-refractivity contribution in [1.29, 1.82) is 0 Å². The number of aromatic nitrogens is 1. The summed E-state index contributed by atoms with van der Waals surface area (Å²) in [7, 11) is -4.11. The number of sulfone groups is 1. The van der Waals surface area contributed by atoms with Gasteiger partial charge in [-0.3, -0.25) is 0 Å². The molecule has 164 valence electrons. The quantitative estimate of drug-likeness (QED) is 0.615. The summed E-state index contributed by atoms with van der Waals surface area (Å²) in [5, 5.41) is 4.50. The fraction of sp³-hybridized carbons (Fsp3) is 0.364. The highest BCUT2D eigenvalue weighted by atomic mass is 32.2. The summed E-state index contributed by atoms with van der Waals surface area (Å²) >= 11 is 0. The van der Waals surface area contributed by atoms with Gasteiger partial charge >= 0.3 is 6.18 Å². The summed E-state index contributed by atoms with van der Waals surface area (Å²) in [6.07, 6.45) is -1.96. The van der Waals surface area contributed by atoms with Gasteiger partial charge in [-0.1, -0.05) is 12.1 Å². The van der Waals surface area contributed by atoms with Crippen molar-refractivity contribution in [2.45, 2.75) is 40.8 Å². The van der Waals surface area contributed by atoms with Gasteiger partial charge in [0.2, 0.25) is 9.84 Å². The number of nitrogens with one attached hydrogen (secondary N) is 2. The highest BCUT2D eigenvalue weighted by Crippen LogP contribution is 2.39. The second kappa shape index (κ2) is 7.08. The van der Waals surface area contributed by atoms with E-state index in [1.54, 1.807) is 6.07 Å². The summed E-state index contributed by atoms with van der Waals surface area (Å²) < 4.78 is 71.0. The number of H-pyrrole nitrogens is 1. The van der Waals surface area contributed by atoms with Crippen LogP contribution in [0.4, 0.5) is 13.2 Å². The maximum atomic E-state index is 13.1. The predicted molar refractivity (Wildman–Crippen MR) is 109 cm³/mol. The predicted octanol–water partition coefficient (Wildman–Crippen LogP) is 4.17. The van der Waals surface area contributed by atoms with Crippen LogP contribution in [0, 0.1) is 0 Å². The van der Waals surface area contributed by atoms with E-state index >= 15 is 0 Å². The number of hydrogen-bond donors (Lipinski definition) is 2. The summed E-state index contributed by atoms with van der Waals surface area (Å²) in [5.41, 5.74) is 1.51. The third kappa shape index (κ3) is 3.35. The molecule has 1 fully saturated rings. The topological polar surface area (TPSA) is 71.2 Å².